The van der Waals surface area contributed by atoms with Crippen molar-refractivity contribution in [3.05, 3.63) is 12.5 Å². The Morgan fingerprint density at radius 3 is 3.00 bits per heavy atom. The molecule has 0 saturated heterocycles. The maximum atomic E-state index is 9.25. The third-order valence-electron chi connectivity index (χ3n) is 1.66. The van der Waals surface area contributed by atoms with Gasteiger partial charge >= 0.3 is 0 Å². The second kappa shape index (κ2) is 2.44. The van der Waals surface area contributed by atoms with Crippen LogP contribution in [0.2, 0.25) is 0 Å². The summed E-state index contributed by atoms with van der Waals surface area (Å²) in [6.45, 7) is 2.73. The fourth-order valence-electron chi connectivity index (χ4n) is 1.03. The van der Waals surface area contributed by atoms with Crippen LogP contribution in [0.1, 0.15) is 6.92 Å². The molecule has 2 aromatic rings. The molecule has 0 radical (unpaired) electrons. The van der Waals surface area contributed by atoms with Crippen molar-refractivity contribution in [2.24, 2.45) is 0 Å². The van der Waals surface area contributed by atoms with Gasteiger partial charge in [-0.1, -0.05) is 0 Å². The van der Waals surface area contributed by atoms with E-state index in [1.165, 1.54) is 6.33 Å². The Morgan fingerprint density at radius 2 is 2.33 bits per heavy atom. The van der Waals surface area contributed by atoms with Crippen molar-refractivity contribution in [3.63, 3.8) is 0 Å². The number of aromatic hydroxyl groups is 1. The largest absolute Gasteiger partial charge is 0.492 e. The van der Waals surface area contributed by atoms with E-state index in [0.717, 1.165) is 6.54 Å². The monoisotopic (exact) mass is 164 g/mol. The first-order valence-corrected chi connectivity index (χ1v) is 3.68. The molecule has 0 spiro atoms. The molecule has 0 aliphatic rings. The highest BCUT2D eigenvalue weighted by atomic mass is 16.3. The summed E-state index contributed by atoms with van der Waals surface area (Å²) in [5.41, 5.74) is 1.13. The van der Waals surface area contributed by atoms with Gasteiger partial charge in [0.15, 0.2) is 5.52 Å². The molecule has 2 heterocycles. The molecule has 0 aromatic carbocycles. The molecule has 0 fully saturated rings. The number of hydrogen-bond acceptors (Lipinski definition) is 4. The molecule has 12 heavy (non-hydrogen) atoms. The van der Waals surface area contributed by atoms with Crippen LogP contribution in [0.15, 0.2) is 12.5 Å². The average Bonchev–Trinajstić information content (AvgIpc) is 2.49. The Labute approximate surface area is 68.7 Å². The molecule has 5 heteroatoms. The van der Waals surface area contributed by atoms with Crippen LogP contribution >= 0.6 is 0 Å². The Bertz CT molecular complexity index is 409. The van der Waals surface area contributed by atoms with E-state index in [1.807, 2.05) is 6.92 Å². The summed E-state index contributed by atoms with van der Waals surface area (Å²) in [5, 5.41) is 13.3. The number of aromatic nitrogens is 4. The predicted molar refractivity (Wildman–Crippen MR) is 42.7 cm³/mol. The van der Waals surface area contributed by atoms with Crippen LogP contribution in [0, 0.1) is 0 Å². The Kier molecular flexibility index (Phi) is 1.43. The molecule has 0 bridgehead atoms. The molecular weight excluding hydrogens is 156 g/mol. The van der Waals surface area contributed by atoms with Gasteiger partial charge in [0.25, 0.3) is 0 Å². The van der Waals surface area contributed by atoms with Gasteiger partial charge < -0.3 is 5.11 Å². The number of nitrogens with zero attached hydrogens (tertiary/aromatic N) is 4. The average molecular weight is 164 g/mol. The summed E-state index contributed by atoms with van der Waals surface area (Å²) in [4.78, 5) is 7.58. The van der Waals surface area contributed by atoms with E-state index in [0.29, 0.717) is 11.0 Å². The van der Waals surface area contributed by atoms with Gasteiger partial charge in [-0.2, -0.15) is 10.1 Å². The normalized spacial score (nSPS) is 10.8. The minimum atomic E-state index is -0.0628. The third-order valence-corrected chi connectivity index (χ3v) is 1.66. The lowest BCUT2D eigenvalue weighted by atomic mass is 10.5. The summed E-state index contributed by atoms with van der Waals surface area (Å²) in [6.07, 6.45) is 3.09. The Balaban J connectivity index is 2.74. The standard InChI is InChI=1S/C7H8N4O/c1-2-11-3-5-6(10-11)7(12)9-4-8-5/h3-4H,2H2,1H3,(H,8,9,12). The molecule has 1 N–H and O–H groups in total. The number of hydrogen-bond donors (Lipinski definition) is 1. The summed E-state index contributed by atoms with van der Waals surface area (Å²) in [6, 6.07) is 0. The van der Waals surface area contributed by atoms with Gasteiger partial charge in [-0.05, 0) is 6.92 Å². The SMILES string of the molecule is CCn1cc2ncnc(O)c2n1. The van der Waals surface area contributed by atoms with Gasteiger partial charge in [0.1, 0.15) is 11.8 Å². The highest BCUT2D eigenvalue weighted by molar-refractivity contribution is 5.77. The van der Waals surface area contributed by atoms with Gasteiger partial charge in [0.05, 0.1) is 6.20 Å². The fourth-order valence-corrected chi connectivity index (χ4v) is 1.03. The molecule has 62 valence electrons. The lowest BCUT2D eigenvalue weighted by Crippen LogP contribution is -1.92. The van der Waals surface area contributed by atoms with Crippen LogP contribution in [0.5, 0.6) is 5.88 Å². The van der Waals surface area contributed by atoms with Crippen LogP contribution in [0.4, 0.5) is 0 Å². The highest BCUT2D eigenvalue weighted by Gasteiger charge is 2.05. The fraction of sp³-hybridized carbons (Fsp3) is 0.286. The van der Waals surface area contributed by atoms with Crippen molar-refractivity contribution in [1.82, 2.24) is 19.7 Å². The summed E-state index contributed by atoms with van der Waals surface area (Å²) >= 11 is 0. The smallest absolute Gasteiger partial charge is 0.243 e. The van der Waals surface area contributed by atoms with Crippen molar-refractivity contribution in [3.8, 4) is 5.88 Å². The first-order valence-electron chi connectivity index (χ1n) is 3.68. The molecule has 0 unspecified atom stereocenters. The molecular formula is C7H8N4O. The van der Waals surface area contributed by atoms with Gasteiger partial charge in [-0.3, -0.25) is 4.68 Å². The zero-order valence-corrected chi connectivity index (χ0v) is 6.60. The second-order valence-electron chi connectivity index (χ2n) is 2.42. The molecule has 0 aliphatic carbocycles. The maximum absolute atomic E-state index is 9.25. The van der Waals surface area contributed by atoms with Crippen LogP contribution in [-0.2, 0) is 6.54 Å². The van der Waals surface area contributed by atoms with Crippen LogP contribution in [-0.4, -0.2) is 24.9 Å². The van der Waals surface area contributed by atoms with E-state index >= 15 is 0 Å². The predicted octanol–water partition coefficient (Wildman–Crippen LogP) is 0.552. The van der Waals surface area contributed by atoms with Crippen LogP contribution < -0.4 is 0 Å². The van der Waals surface area contributed by atoms with E-state index in [4.69, 9.17) is 0 Å². The number of aryl methyl sites for hydroxylation is 1. The van der Waals surface area contributed by atoms with Gasteiger partial charge in [-0.15, -0.1) is 0 Å². The molecule has 0 amide bonds. The molecule has 2 aromatic heterocycles. The lowest BCUT2D eigenvalue weighted by molar-refractivity contribution is 0.457. The third kappa shape index (κ3) is 0.903. The minimum Gasteiger partial charge on any atom is -0.492 e. The lowest BCUT2D eigenvalue weighted by Gasteiger charge is -1.89. The molecule has 0 saturated carbocycles. The Morgan fingerprint density at radius 1 is 1.50 bits per heavy atom. The van der Waals surface area contributed by atoms with Crippen molar-refractivity contribution in [2.75, 3.05) is 0 Å². The number of rotatable bonds is 1. The van der Waals surface area contributed by atoms with E-state index in [-0.39, 0.29) is 5.88 Å². The van der Waals surface area contributed by atoms with E-state index < -0.39 is 0 Å². The second-order valence-corrected chi connectivity index (χ2v) is 2.42. The first-order chi connectivity index (χ1) is 5.81. The van der Waals surface area contributed by atoms with E-state index in [9.17, 15) is 5.11 Å². The topological polar surface area (TPSA) is 63.8 Å². The van der Waals surface area contributed by atoms with Gasteiger partial charge in [-0.25, -0.2) is 4.98 Å². The van der Waals surface area contributed by atoms with E-state index in [1.54, 1.807) is 10.9 Å². The van der Waals surface area contributed by atoms with Crippen molar-refractivity contribution >= 4 is 11.0 Å². The van der Waals surface area contributed by atoms with Crippen molar-refractivity contribution in [2.45, 2.75) is 13.5 Å². The first kappa shape index (κ1) is 7.02. The summed E-state index contributed by atoms with van der Waals surface area (Å²) in [7, 11) is 0. The van der Waals surface area contributed by atoms with Gasteiger partial charge in [0.2, 0.25) is 5.88 Å². The molecule has 2 rings (SSSR count). The summed E-state index contributed by atoms with van der Waals surface area (Å²) < 4.78 is 1.71. The molecule has 0 atom stereocenters. The maximum Gasteiger partial charge on any atom is 0.243 e. The minimum absolute atomic E-state index is 0.0628. The number of fused-ring (bicyclic) bond motifs is 1. The molecule has 5 nitrogen and oxygen atoms in total. The van der Waals surface area contributed by atoms with Crippen molar-refractivity contribution < 1.29 is 5.11 Å². The highest BCUT2D eigenvalue weighted by Crippen LogP contribution is 2.16. The van der Waals surface area contributed by atoms with E-state index in [2.05, 4.69) is 15.1 Å². The zero-order chi connectivity index (χ0) is 8.55. The van der Waals surface area contributed by atoms with Crippen LogP contribution in [0.3, 0.4) is 0 Å². The zero-order valence-electron chi connectivity index (χ0n) is 6.60. The van der Waals surface area contributed by atoms with Crippen molar-refractivity contribution in [1.29, 1.82) is 0 Å². The quantitative estimate of drug-likeness (QED) is 0.668. The van der Waals surface area contributed by atoms with Gasteiger partial charge in [0, 0.05) is 6.54 Å². The van der Waals surface area contributed by atoms with Crippen LogP contribution in [0.25, 0.3) is 11.0 Å². The Hall–Kier alpha value is -1.65. The molecule has 0 aliphatic heterocycles. The summed E-state index contributed by atoms with van der Waals surface area (Å²) in [5.74, 6) is -0.0628.